The average molecular weight is 399 g/mol. The monoisotopic (exact) mass is 399 g/mol. The van der Waals surface area contributed by atoms with Crippen LogP contribution in [0.2, 0.25) is 0 Å². The Labute approximate surface area is 174 Å². The summed E-state index contributed by atoms with van der Waals surface area (Å²) in [6.45, 7) is 0.241. The van der Waals surface area contributed by atoms with Gasteiger partial charge in [0.15, 0.2) is 17.3 Å². The molecule has 1 unspecified atom stereocenters. The van der Waals surface area contributed by atoms with Gasteiger partial charge in [-0.25, -0.2) is 4.68 Å². The molecule has 1 aliphatic heterocycles. The zero-order valence-corrected chi connectivity index (χ0v) is 16.5. The van der Waals surface area contributed by atoms with Crippen LogP contribution in [0.4, 0.5) is 0 Å². The van der Waals surface area contributed by atoms with Crippen LogP contribution in [0, 0.1) is 0 Å². The van der Waals surface area contributed by atoms with Gasteiger partial charge in [0.25, 0.3) is 0 Å². The first-order valence-electron chi connectivity index (χ1n) is 9.79. The molecule has 7 nitrogen and oxygen atoms in total. The zero-order valence-electron chi connectivity index (χ0n) is 16.5. The van der Waals surface area contributed by atoms with Crippen LogP contribution in [0.5, 0.6) is 11.5 Å². The number of nitrogens with one attached hydrogen (secondary N) is 1. The first kappa shape index (κ1) is 18.3. The molecule has 0 amide bonds. The molecule has 7 heteroatoms. The average Bonchev–Trinajstić information content (AvgIpc) is 3.46. The van der Waals surface area contributed by atoms with Crippen LogP contribution in [-0.4, -0.2) is 34.0 Å². The number of hydrogen-bond donors (Lipinski definition) is 1. The molecule has 0 saturated heterocycles. The molecule has 0 spiro atoms. The molecule has 1 aliphatic rings. The Balaban J connectivity index is 1.61. The normalized spacial score (nSPS) is 13.5. The molecule has 150 valence electrons. The summed E-state index contributed by atoms with van der Waals surface area (Å²) in [5.74, 6) is 2.20. The van der Waals surface area contributed by atoms with E-state index in [1.165, 1.54) is 0 Å². The lowest BCUT2D eigenvalue weighted by Crippen LogP contribution is -2.25. The fourth-order valence-corrected chi connectivity index (χ4v) is 3.86. The van der Waals surface area contributed by atoms with Gasteiger partial charge in [-0.3, -0.25) is 0 Å². The van der Waals surface area contributed by atoms with E-state index in [9.17, 15) is 0 Å². The molecule has 3 aromatic carbocycles. The van der Waals surface area contributed by atoms with Gasteiger partial charge >= 0.3 is 0 Å². The van der Waals surface area contributed by atoms with Gasteiger partial charge < -0.3 is 14.8 Å². The van der Waals surface area contributed by atoms with Gasteiger partial charge in [0, 0.05) is 0 Å². The number of fused-ring (bicyclic) bond motifs is 1. The third kappa shape index (κ3) is 3.29. The molecule has 1 N–H and O–H groups in total. The van der Waals surface area contributed by atoms with Crippen LogP contribution in [0.15, 0.2) is 78.9 Å². The number of ether oxygens (including phenoxy) is 2. The van der Waals surface area contributed by atoms with E-state index >= 15 is 0 Å². The summed E-state index contributed by atoms with van der Waals surface area (Å²) in [6.07, 6.45) is 0. The highest BCUT2D eigenvalue weighted by molar-refractivity contribution is 5.46. The standard InChI is InChI=1S/C23H21N5O2/c1-24-21(18-12-13-19-20(14-18)30-15-29-19)23-25-26-27-28(23)22(16-8-4-2-5-9-16)17-10-6-3-7-11-17/h2-14,21-22,24H,15H2,1H3. The van der Waals surface area contributed by atoms with Crippen LogP contribution in [-0.2, 0) is 0 Å². The van der Waals surface area contributed by atoms with Gasteiger partial charge in [-0.1, -0.05) is 66.7 Å². The summed E-state index contributed by atoms with van der Waals surface area (Å²) in [4.78, 5) is 0. The lowest BCUT2D eigenvalue weighted by molar-refractivity contribution is 0.174. The lowest BCUT2D eigenvalue weighted by atomic mass is 9.98. The predicted octanol–water partition coefficient (Wildman–Crippen LogP) is 3.35. The number of nitrogens with zero attached hydrogens (tertiary/aromatic N) is 4. The van der Waals surface area contributed by atoms with E-state index in [4.69, 9.17) is 9.47 Å². The van der Waals surface area contributed by atoms with Gasteiger partial charge in [-0.05, 0) is 46.3 Å². The van der Waals surface area contributed by atoms with E-state index in [0.717, 1.165) is 28.2 Å². The number of rotatable bonds is 6. The van der Waals surface area contributed by atoms with Crippen LogP contribution >= 0.6 is 0 Å². The van der Waals surface area contributed by atoms with E-state index in [2.05, 4.69) is 45.1 Å². The second-order valence-corrected chi connectivity index (χ2v) is 7.04. The Morgan fingerprint density at radius 3 is 2.17 bits per heavy atom. The molecule has 0 aliphatic carbocycles. The summed E-state index contributed by atoms with van der Waals surface area (Å²) in [5, 5.41) is 16.2. The summed E-state index contributed by atoms with van der Waals surface area (Å²) in [6, 6.07) is 26.1. The number of tetrazole rings is 1. The number of aromatic nitrogens is 4. The molecule has 0 bridgehead atoms. The summed E-state index contributed by atoms with van der Waals surface area (Å²) in [5.41, 5.74) is 3.22. The van der Waals surface area contributed by atoms with Gasteiger partial charge in [0.1, 0.15) is 6.04 Å². The van der Waals surface area contributed by atoms with Crippen LogP contribution in [0.3, 0.4) is 0 Å². The number of benzene rings is 3. The zero-order chi connectivity index (χ0) is 20.3. The molecule has 5 rings (SSSR count). The maximum absolute atomic E-state index is 5.56. The minimum absolute atomic E-state index is 0.151. The van der Waals surface area contributed by atoms with Gasteiger partial charge in [-0.2, -0.15) is 0 Å². The van der Waals surface area contributed by atoms with E-state index in [1.807, 2.05) is 66.3 Å². The summed E-state index contributed by atoms with van der Waals surface area (Å²) in [7, 11) is 1.90. The minimum atomic E-state index is -0.218. The van der Waals surface area contributed by atoms with E-state index in [0.29, 0.717) is 5.82 Å². The predicted molar refractivity (Wildman–Crippen MR) is 111 cm³/mol. The largest absolute Gasteiger partial charge is 0.454 e. The third-order valence-corrected chi connectivity index (χ3v) is 5.27. The van der Waals surface area contributed by atoms with Crippen molar-refractivity contribution in [3.8, 4) is 11.5 Å². The SMILES string of the molecule is CNC(c1ccc2c(c1)OCO2)c1nnnn1C(c1ccccc1)c1ccccc1. The van der Waals surface area contributed by atoms with Crippen molar-refractivity contribution in [3.63, 3.8) is 0 Å². The Hall–Kier alpha value is -3.71. The number of hydrogen-bond acceptors (Lipinski definition) is 6. The van der Waals surface area contributed by atoms with Crippen molar-refractivity contribution in [2.75, 3.05) is 13.8 Å². The quantitative estimate of drug-likeness (QED) is 0.536. The maximum atomic E-state index is 5.56. The molecular weight excluding hydrogens is 378 g/mol. The smallest absolute Gasteiger partial charge is 0.231 e. The Bertz CT molecular complexity index is 1090. The molecule has 0 fully saturated rings. The van der Waals surface area contributed by atoms with Crippen molar-refractivity contribution in [3.05, 3.63) is 101 Å². The van der Waals surface area contributed by atoms with Gasteiger partial charge in [-0.15, -0.1) is 5.10 Å². The third-order valence-electron chi connectivity index (χ3n) is 5.27. The van der Waals surface area contributed by atoms with Crippen molar-refractivity contribution in [2.45, 2.75) is 12.1 Å². The fraction of sp³-hybridized carbons (Fsp3) is 0.174. The summed E-state index contributed by atoms with van der Waals surface area (Å²) < 4.78 is 12.9. The summed E-state index contributed by atoms with van der Waals surface area (Å²) >= 11 is 0. The van der Waals surface area contributed by atoms with Crippen molar-refractivity contribution in [1.82, 2.24) is 25.5 Å². The van der Waals surface area contributed by atoms with Crippen LogP contribution in [0.1, 0.15) is 34.6 Å². The molecule has 30 heavy (non-hydrogen) atoms. The maximum Gasteiger partial charge on any atom is 0.231 e. The van der Waals surface area contributed by atoms with Crippen LogP contribution in [0.25, 0.3) is 0 Å². The van der Waals surface area contributed by atoms with Crippen molar-refractivity contribution in [1.29, 1.82) is 0 Å². The van der Waals surface area contributed by atoms with E-state index < -0.39 is 0 Å². The van der Waals surface area contributed by atoms with Crippen LogP contribution < -0.4 is 14.8 Å². The topological polar surface area (TPSA) is 74.1 Å². The minimum Gasteiger partial charge on any atom is -0.454 e. The van der Waals surface area contributed by atoms with Crippen molar-refractivity contribution >= 4 is 0 Å². The van der Waals surface area contributed by atoms with E-state index in [-0.39, 0.29) is 18.9 Å². The molecule has 1 aromatic heterocycles. The molecule has 0 radical (unpaired) electrons. The van der Waals surface area contributed by atoms with Crippen molar-refractivity contribution < 1.29 is 9.47 Å². The Morgan fingerprint density at radius 1 is 0.833 bits per heavy atom. The Kier molecular flexibility index (Phi) is 4.86. The van der Waals surface area contributed by atoms with Gasteiger partial charge in [0.2, 0.25) is 6.79 Å². The second kappa shape index (κ2) is 7.96. The molecule has 4 aromatic rings. The van der Waals surface area contributed by atoms with Gasteiger partial charge in [0.05, 0.1) is 6.04 Å². The first-order chi connectivity index (χ1) is 14.8. The highest BCUT2D eigenvalue weighted by atomic mass is 16.7. The highest BCUT2D eigenvalue weighted by Crippen LogP contribution is 2.36. The second-order valence-electron chi connectivity index (χ2n) is 7.04. The molecule has 0 saturated carbocycles. The fourth-order valence-electron chi connectivity index (χ4n) is 3.86. The molecular formula is C23H21N5O2. The van der Waals surface area contributed by atoms with Crippen molar-refractivity contribution in [2.24, 2.45) is 0 Å². The highest BCUT2D eigenvalue weighted by Gasteiger charge is 2.27. The Morgan fingerprint density at radius 2 is 1.50 bits per heavy atom. The lowest BCUT2D eigenvalue weighted by Gasteiger charge is -2.23. The molecule has 1 atom stereocenters. The van der Waals surface area contributed by atoms with E-state index in [1.54, 1.807) is 0 Å². The molecule has 2 heterocycles. The first-order valence-corrected chi connectivity index (χ1v) is 9.79.